The third-order valence-electron chi connectivity index (χ3n) is 2.11. The molecule has 0 amide bonds. The summed E-state index contributed by atoms with van der Waals surface area (Å²) >= 11 is 0. The molecule has 0 aliphatic rings. The Hall–Kier alpha value is -1.23. The monoisotopic (exact) mass is 209 g/mol. The molecule has 84 valence electrons. The van der Waals surface area contributed by atoms with Crippen LogP contribution in [0.5, 0.6) is 0 Å². The minimum absolute atomic E-state index is 0.367. The van der Waals surface area contributed by atoms with Crippen molar-refractivity contribution in [2.75, 3.05) is 6.54 Å². The van der Waals surface area contributed by atoms with Crippen molar-refractivity contribution in [2.24, 2.45) is 7.05 Å². The van der Waals surface area contributed by atoms with Gasteiger partial charge in [-0.15, -0.1) is 16.8 Å². The molecule has 0 spiro atoms. The molecule has 0 bridgehead atoms. The zero-order chi connectivity index (χ0) is 11.1. The van der Waals surface area contributed by atoms with Gasteiger partial charge >= 0.3 is 0 Å². The first kappa shape index (κ1) is 11.8. The Bertz CT molecular complexity index is 294. The van der Waals surface area contributed by atoms with Gasteiger partial charge in [0.2, 0.25) is 0 Å². The van der Waals surface area contributed by atoms with Gasteiger partial charge < -0.3 is 5.32 Å². The van der Waals surface area contributed by atoms with E-state index in [-0.39, 0.29) is 0 Å². The van der Waals surface area contributed by atoms with E-state index in [4.69, 9.17) is 0 Å². The van der Waals surface area contributed by atoms with Crippen molar-refractivity contribution >= 4 is 0 Å². The molecule has 1 rings (SSSR count). The molecule has 1 heterocycles. The van der Waals surface area contributed by atoms with E-state index < -0.39 is 0 Å². The highest BCUT2D eigenvalue weighted by atomic mass is 15.6. The average Bonchev–Trinajstić information content (AvgIpc) is 2.61. The second-order valence-electron chi connectivity index (χ2n) is 3.57. The molecule has 0 saturated carbocycles. The van der Waals surface area contributed by atoms with Crippen LogP contribution in [0, 0.1) is 0 Å². The zero-order valence-electron chi connectivity index (χ0n) is 9.48. The van der Waals surface area contributed by atoms with Crippen molar-refractivity contribution in [1.29, 1.82) is 0 Å². The van der Waals surface area contributed by atoms with E-state index in [0.29, 0.717) is 6.04 Å². The smallest absolute Gasteiger partial charge is 0.176 e. The molecule has 0 aliphatic carbocycles. The van der Waals surface area contributed by atoms with Crippen LogP contribution in [0.15, 0.2) is 12.7 Å². The van der Waals surface area contributed by atoms with Gasteiger partial charge in [-0.1, -0.05) is 13.0 Å². The fourth-order valence-electron chi connectivity index (χ4n) is 1.41. The van der Waals surface area contributed by atoms with Crippen molar-refractivity contribution in [3.8, 4) is 0 Å². The highest BCUT2D eigenvalue weighted by molar-refractivity contribution is 4.88. The number of hydrogen-bond acceptors (Lipinski definition) is 4. The fourth-order valence-corrected chi connectivity index (χ4v) is 1.41. The SMILES string of the molecule is C=CCC(Cc1nnn(C)n1)NCCC. The molecule has 0 aromatic carbocycles. The Morgan fingerprint density at radius 2 is 2.40 bits per heavy atom. The standard InChI is InChI=1S/C10H19N5/c1-4-6-9(11-7-5-2)8-10-12-14-15(3)13-10/h4,9,11H,1,5-8H2,2-3H3. The second kappa shape index (κ2) is 6.29. The lowest BCUT2D eigenvalue weighted by atomic mass is 10.1. The summed E-state index contributed by atoms with van der Waals surface area (Å²) in [5.74, 6) is 0.785. The van der Waals surface area contributed by atoms with Crippen molar-refractivity contribution in [1.82, 2.24) is 25.5 Å². The van der Waals surface area contributed by atoms with Crippen LogP contribution >= 0.6 is 0 Å². The van der Waals surface area contributed by atoms with Gasteiger partial charge in [-0.3, -0.25) is 0 Å². The maximum absolute atomic E-state index is 4.16. The summed E-state index contributed by atoms with van der Waals surface area (Å²) in [7, 11) is 1.78. The number of nitrogens with zero attached hydrogens (tertiary/aromatic N) is 4. The van der Waals surface area contributed by atoms with Gasteiger partial charge in [-0.05, 0) is 24.6 Å². The molecule has 0 radical (unpaired) electrons. The molecule has 1 unspecified atom stereocenters. The quantitative estimate of drug-likeness (QED) is 0.671. The Morgan fingerprint density at radius 3 is 2.93 bits per heavy atom. The van der Waals surface area contributed by atoms with Crippen LogP contribution in [0.2, 0.25) is 0 Å². The van der Waals surface area contributed by atoms with E-state index in [2.05, 4.69) is 34.2 Å². The molecule has 5 heteroatoms. The van der Waals surface area contributed by atoms with Crippen molar-refractivity contribution < 1.29 is 0 Å². The predicted octanol–water partition coefficient (Wildman–Crippen LogP) is 0.697. The molecule has 1 atom stereocenters. The van der Waals surface area contributed by atoms with Gasteiger partial charge in [-0.25, -0.2) is 0 Å². The Kier molecular flexibility index (Phi) is 4.97. The Balaban J connectivity index is 2.46. The number of hydrogen-bond donors (Lipinski definition) is 1. The lowest BCUT2D eigenvalue weighted by Crippen LogP contribution is -2.31. The fraction of sp³-hybridized carbons (Fsp3) is 0.700. The van der Waals surface area contributed by atoms with Crippen molar-refractivity contribution in [3.63, 3.8) is 0 Å². The normalized spacial score (nSPS) is 12.7. The van der Waals surface area contributed by atoms with Crippen LogP contribution < -0.4 is 5.32 Å². The first-order valence-corrected chi connectivity index (χ1v) is 5.33. The van der Waals surface area contributed by atoms with E-state index in [1.807, 2.05) is 6.08 Å². The molecule has 1 aromatic rings. The summed E-state index contributed by atoms with van der Waals surface area (Å²) in [6.07, 6.45) is 4.78. The molecular weight excluding hydrogens is 190 g/mol. The molecule has 1 aromatic heterocycles. The minimum Gasteiger partial charge on any atom is -0.313 e. The van der Waals surface area contributed by atoms with Crippen LogP contribution in [0.4, 0.5) is 0 Å². The summed E-state index contributed by atoms with van der Waals surface area (Å²) in [4.78, 5) is 1.49. The first-order chi connectivity index (χ1) is 7.26. The topological polar surface area (TPSA) is 55.6 Å². The van der Waals surface area contributed by atoms with Crippen LogP contribution in [-0.2, 0) is 13.5 Å². The van der Waals surface area contributed by atoms with Gasteiger partial charge in [-0.2, -0.15) is 4.80 Å². The number of aryl methyl sites for hydroxylation is 1. The lowest BCUT2D eigenvalue weighted by Gasteiger charge is -2.14. The van der Waals surface area contributed by atoms with Crippen LogP contribution in [-0.4, -0.2) is 32.8 Å². The molecule has 0 aliphatic heterocycles. The summed E-state index contributed by atoms with van der Waals surface area (Å²) in [6.45, 7) is 6.92. The Labute approximate surface area is 90.6 Å². The second-order valence-corrected chi connectivity index (χ2v) is 3.57. The minimum atomic E-state index is 0.367. The highest BCUT2D eigenvalue weighted by Gasteiger charge is 2.10. The largest absolute Gasteiger partial charge is 0.313 e. The number of tetrazole rings is 1. The summed E-state index contributed by atoms with van der Waals surface area (Å²) in [5, 5.41) is 15.4. The van der Waals surface area contributed by atoms with E-state index in [1.165, 1.54) is 4.80 Å². The highest BCUT2D eigenvalue weighted by Crippen LogP contribution is 2.00. The van der Waals surface area contributed by atoms with Gasteiger partial charge in [0.1, 0.15) is 0 Å². The molecule has 0 saturated heterocycles. The molecule has 5 nitrogen and oxygen atoms in total. The number of nitrogens with one attached hydrogen (secondary N) is 1. The van der Waals surface area contributed by atoms with Crippen LogP contribution in [0.1, 0.15) is 25.6 Å². The van der Waals surface area contributed by atoms with E-state index in [1.54, 1.807) is 7.05 Å². The third-order valence-corrected chi connectivity index (χ3v) is 2.11. The van der Waals surface area contributed by atoms with E-state index in [9.17, 15) is 0 Å². The van der Waals surface area contributed by atoms with Gasteiger partial charge in [0.05, 0.1) is 7.05 Å². The zero-order valence-corrected chi connectivity index (χ0v) is 9.48. The van der Waals surface area contributed by atoms with Crippen molar-refractivity contribution in [3.05, 3.63) is 18.5 Å². The summed E-state index contributed by atoms with van der Waals surface area (Å²) < 4.78 is 0. The van der Waals surface area contributed by atoms with Gasteiger partial charge in [0.25, 0.3) is 0 Å². The lowest BCUT2D eigenvalue weighted by molar-refractivity contribution is 0.501. The third kappa shape index (κ3) is 4.20. The Morgan fingerprint density at radius 1 is 1.60 bits per heavy atom. The molecule has 15 heavy (non-hydrogen) atoms. The summed E-state index contributed by atoms with van der Waals surface area (Å²) in [6, 6.07) is 0.367. The maximum atomic E-state index is 4.16. The number of aromatic nitrogens is 4. The first-order valence-electron chi connectivity index (χ1n) is 5.33. The van der Waals surface area contributed by atoms with E-state index in [0.717, 1.165) is 31.6 Å². The van der Waals surface area contributed by atoms with Crippen LogP contribution in [0.3, 0.4) is 0 Å². The maximum Gasteiger partial charge on any atom is 0.176 e. The molecule has 0 fully saturated rings. The van der Waals surface area contributed by atoms with Crippen LogP contribution in [0.25, 0.3) is 0 Å². The van der Waals surface area contributed by atoms with Gasteiger partial charge in [0.15, 0.2) is 5.82 Å². The summed E-state index contributed by atoms with van der Waals surface area (Å²) in [5.41, 5.74) is 0. The number of rotatable bonds is 7. The molecule has 1 N–H and O–H groups in total. The predicted molar refractivity (Wildman–Crippen MR) is 59.4 cm³/mol. The van der Waals surface area contributed by atoms with Gasteiger partial charge in [0, 0.05) is 12.5 Å². The average molecular weight is 209 g/mol. The molecular formula is C10H19N5. The van der Waals surface area contributed by atoms with Crippen molar-refractivity contribution in [2.45, 2.75) is 32.2 Å². The van der Waals surface area contributed by atoms with E-state index >= 15 is 0 Å².